The van der Waals surface area contributed by atoms with E-state index in [1.54, 1.807) is 6.92 Å². The number of carbonyl (C=O) groups is 2. The molecule has 0 radical (unpaired) electrons. The van der Waals surface area contributed by atoms with Gasteiger partial charge in [0.1, 0.15) is 10.7 Å². The van der Waals surface area contributed by atoms with E-state index in [9.17, 15) is 9.59 Å². The average molecular weight is 310 g/mol. The highest BCUT2D eigenvalue weighted by Crippen LogP contribution is 2.14. The molecule has 112 valence electrons. The third-order valence-corrected chi connectivity index (χ3v) is 3.31. The predicted molar refractivity (Wildman–Crippen MR) is 76.5 cm³/mol. The Balaban J connectivity index is 2.55. The van der Waals surface area contributed by atoms with E-state index in [1.165, 1.54) is 18.3 Å². The van der Waals surface area contributed by atoms with Crippen molar-refractivity contribution >= 4 is 23.5 Å². The zero-order valence-corrected chi connectivity index (χ0v) is 12.8. The first-order valence-electron chi connectivity index (χ1n) is 6.29. The molecule has 0 aromatic carbocycles. The Morgan fingerprint density at radius 3 is 2.67 bits per heavy atom. The molecule has 1 N–H and O–H groups in total. The molecule has 1 amide bonds. The number of rotatable bonds is 5. The van der Waals surface area contributed by atoms with Gasteiger partial charge in [0.05, 0.1) is 11.6 Å². The van der Waals surface area contributed by atoms with Gasteiger partial charge in [0, 0.05) is 6.20 Å². The molecule has 1 rings (SSSR count). The molecule has 1 heterocycles. The van der Waals surface area contributed by atoms with Gasteiger partial charge in [-0.3, -0.25) is 4.79 Å². The van der Waals surface area contributed by atoms with Gasteiger partial charge in [-0.25, -0.2) is 9.78 Å². The molecule has 0 aliphatic rings. The molecule has 0 aliphatic heterocycles. The molecule has 6 nitrogen and oxygen atoms in total. The summed E-state index contributed by atoms with van der Waals surface area (Å²) in [4.78, 5) is 27.2. The summed E-state index contributed by atoms with van der Waals surface area (Å²) >= 11 is 5.60. The summed E-state index contributed by atoms with van der Waals surface area (Å²) in [5, 5.41) is 11.9. The smallest absolute Gasteiger partial charge is 0.340 e. The topological polar surface area (TPSA) is 92.1 Å². The van der Waals surface area contributed by atoms with Gasteiger partial charge in [0.25, 0.3) is 5.91 Å². The lowest BCUT2D eigenvalue weighted by atomic mass is 9.90. The molecule has 0 aliphatic carbocycles. The van der Waals surface area contributed by atoms with E-state index >= 15 is 0 Å². The summed E-state index contributed by atoms with van der Waals surface area (Å²) in [6, 6.07) is 4.93. The third kappa shape index (κ3) is 4.72. The minimum absolute atomic E-state index is 0.0809. The second-order valence-electron chi connectivity index (χ2n) is 4.96. The number of ether oxygens (including phenoxy) is 1. The monoisotopic (exact) mass is 309 g/mol. The number of carbonyl (C=O) groups excluding carboxylic acids is 2. The number of hydrogen-bond donors (Lipinski definition) is 1. The molecule has 0 saturated carbocycles. The standard InChI is InChI=1S/C14H16ClN3O3/c1-9(2)14(3,8-16)18-12(19)7-21-13(20)10-4-5-11(15)17-6-10/h4-6,9H,7H2,1-3H3,(H,18,19)/t14-/m0/s1. The fourth-order valence-electron chi connectivity index (χ4n) is 1.34. The van der Waals surface area contributed by atoms with Crippen molar-refractivity contribution in [3.63, 3.8) is 0 Å². The molecule has 0 saturated heterocycles. The van der Waals surface area contributed by atoms with Crippen LogP contribution in [0.4, 0.5) is 0 Å². The maximum Gasteiger partial charge on any atom is 0.340 e. The highest BCUT2D eigenvalue weighted by atomic mass is 35.5. The molecule has 7 heteroatoms. The first kappa shape index (κ1) is 16.9. The minimum atomic E-state index is -1.01. The van der Waals surface area contributed by atoms with Crippen LogP contribution in [0.3, 0.4) is 0 Å². The molecule has 0 bridgehead atoms. The summed E-state index contributed by atoms with van der Waals surface area (Å²) in [7, 11) is 0. The summed E-state index contributed by atoms with van der Waals surface area (Å²) in [5.41, 5.74) is -0.815. The lowest BCUT2D eigenvalue weighted by Gasteiger charge is -2.27. The molecule has 0 spiro atoms. The second-order valence-corrected chi connectivity index (χ2v) is 5.35. The van der Waals surface area contributed by atoms with Gasteiger partial charge in [-0.15, -0.1) is 0 Å². The van der Waals surface area contributed by atoms with Crippen molar-refractivity contribution in [1.29, 1.82) is 5.26 Å². The summed E-state index contributed by atoms with van der Waals surface area (Å²) in [6.45, 7) is 4.77. The molecule has 1 aromatic heterocycles. The second kappa shape index (κ2) is 7.04. The lowest BCUT2D eigenvalue weighted by Crippen LogP contribution is -2.50. The number of nitrogens with one attached hydrogen (secondary N) is 1. The van der Waals surface area contributed by atoms with Crippen molar-refractivity contribution < 1.29 is 14.3 Å². The van der Waals surface area contributed by atoms with Crippen molar-refractivity contribution in [3.8, 4) is 6.07 Å². The highest BCUT2D eigenvalue weighted by Gasteiger charge is 2.30. The van der Waals surface area contributed by atoms with E-state index in [4.69, 9.17) is 21.6 Å². The maximum absolute atomic E-state index is 11.7. The number of halogens is 1. The van der Waals surface area contributed by atoms with E-state index in [0.717, 1.165) is 0 Å². The summed E-state index contributed by atoms with van der Waals surface area (Å²) < 4.78 is 4.86. The van der Waals surface area contributed by atoms with Crippen LogP contribution in [0, 0.1) is 17.2 Å². The van der Waals surface area contributed by atoms with Crippen molar-refractivity contribution in [3.05, 3.63) is 29.0 Å². The Hall–Kier alpha value is -2.13. The SMILES string of the molecule is CC(C)[C@](C)(C#N)NC(=O)COC(=O)c1ccc(Cl)nc1. The first-order valence-corrected chi connectivity index (χ1v) is 6.67. The van der Waals surface area contributed by atoms with Crippen LogP contribution in [0.25, 0.3) is 0 Å². The Kier molecular flexibility index (Phi) is 5.68. The number of hydrogen-bond acceptors (Lipinski definition) is 5. The molecule has 1 aromatic rings. The molecular weight excluding hydrogens is 294 g/mol. The highest BCUT2D eigenvalue weighted by molar-refractivity contribution is 6.29. The molecule has 1 atom stereocenters. The molecule has 0 fully saturated rings. The minimum Gasteiger partial charge on any atom is -0.452 e. The van der Waals surface area contributed by atoms with Crippen LogP contribution in [0.5, 0.6) is 0 Å². The summed E-state index contributed by atoms with van der Waals surface area (Å²) in [5.74, 6) is -1.30. The van der Waals surface area contributed by atoms with E-state index in [0.29, 0.717) is 0 Å². The number of pyridine rings is 1. The number of nitriles is 1. The van der Waals surface area contributed by atoms with Gasteiger partial charge in [-0.05, 0) is 25.0 Å². The average Bonchev–Trinajstić information content (AvgIpc) is 2.45. The zero-order valence-electron chi connectivity index (χ0n) is 12.0. The van der Waals surface area contributed by atoms with Gasteiger partial charge in [-0.2, -0.15) is 5.26 Å². The van der Waals surface area contributed by atoms with Gasteiger partial charge in [0.2, 0.25) is 0 Å². The van der Waals surface area contributed by atoms with Crippen LogP contribution >= 0.6 is 11.6 Å². The fourth-order valence-corrected chi connectivity index (χ4v) is 1.45. The van der Waals surface area contributed by atoms with Crippen LogP contribution in [-0.4, -0.2) is 29.0 Å². The van der Waals surface area contributed by atoms with Crippen molar-refractivity contribution in [2.45, 2.75) is 26.3 Å². The van der Waals surface area contributed by atoms with Crippen molar-refractivity contribution in [2.24, 2.45) is 5.92 Å². The molecule has 21 heavy (non-hydrogen) atoms. The molecular formula is C14H16ClN3O3. The van der Waals surface area contributed by atoms with Crippen molar-refractivity contribution in [1.82, 2.24) is 10.3 Å². The zero-order chi connectivity index (χ0) is 16.0. The Labute approximate surface area is 128 Å². The van der Waals surface area contributed by atoms with Gasteiger partial charge in [-0.1, -0.05) is 25.4 Å². The number of amides is 1. The number of nitrogens with zero attached hydrogens (tertiary/aromatic N) is 2. The van der Waals surface area contributed by atoms with Crippen LogP contribution in [0.1, 0.15) is 31.1 Å². The van der Waals surface area contributed by atoms with Crippen LogP contribution in [0.15, 0.2) is 18.3 Å². The van der Waals surface area contributed by atoms with Crippen LogP contribution in [0.2, 0.25) is 5.15 Å². The van der Waals surface area contributed by atoms with E-state index in [1.807, 2.05) is 19.9 Å². The Morgan fingerprint density at radius 1 is 1.52 bits per heavy atom. The number of esters is 1. The van der Waals surface area contributed by atoms with Gasteiger partial charge in [0.15, 0.2) is 6.61 Å². The van der Waals surface area contributed by atoms with Crippen LogP contribution in [-0.2, 0) is 9.53 Å². The first-order chi connectivity index (χ1) is 9.78. The predicted octanol–water partition coefficient (Wildman–Crippen LogP) is 1.95. The Morgan fingerprint density at radius 2 is 2.19 bits per heavy atom. The fraction of sp³-hybridized carbons (Fsp3) is 0.429. The van der Waals surface area contributed by atoms with E-state index in [-0.39, 0.29) is 16.6 Å². The van der Waals surface area contributed by atoms with Crippen LogP contribution < -0.4 is 5.32 Å². The third-order valence-electron chi connectivity index (χ3n) is 3.08. The number of aromatic nitrogens is 1. The normalized spacial score (nSPS) is 13.1. The summed E-state index contributed by atoms with van der Waals surface area (Å²) in [6.07, 6.45) is 1.26. The van der Waals surface area contributed by atoms with Gasteiger partial charge >= 0.3 is 5.97 Å². The van der Waals surface area contributed by atoms with Gasteiger partial charge < -0.3 is 10.1 Å². The van der Waals surface area contributed by atoms with E-state index in [2.05, 4.69) is 10.3 Å². The quantitative estimate of drug-likeness (QED) is 0.663. The molecule has 0 unspecified atom stereocenters. The lowest BCUT2D eigenvalue weighted by molar-refractivity contribution is -0.125. The largest absolute Gasteiger partial charge is 0.452 e. The van der Waals surface area contributed by atoms with Crippen molar-refractivity contribution in [2.75, 3.05) is 6.61 Å². The van der Waals surface area contributed by atoms with E-state index < -0.39 is 24.0 Å². The Bertz CT molecular complexity index is 566. The maximum atomic E-state index is 11.7.